The zero-order valence-corrected chi connectivity index (χ0v) is 14.5. The van der Waals surface area contributed by atoms with Crippen LogP contribution >= 0.6 is 12.2 Å². The summed E-state index contributed by atoms with van der Waals surface area (Å²) in [6, 6.07) is 19.6. The van der Waals surface area contributed by atoms with E-state index in [9.17, 15) is 4.79 Å². The van der Waals surface area contributed by atoms with E-state index in [2.05, 4.69) is 5.32 Å². The molecule has 23 heavy (non-hydrogen) atoms. The topological polar surface area (TPSA) is 29.1 Å². The second-order valence-corrected chi connectivity index (χ2v) is 6.02. The van der Waals surface area contributed by atoms with Crippen molar-refractivity contribution in [1.29, 1.82) is 0 Å². The number of rotatable bonds is 5. The van der Waals surface area contributed by atoms with Gasteiger partial charge in [-0.05, 0) is 31.9 Å². The minimum absolute atomic E-state index is 0.114. The average Bonchev–Trinajstić information content (AvgIpc) is 2.61. The van der Waals surface area contributed by atoms with Gasteiger partial charge in [0.05, 0.1) is 10.4 Å². The molecule has 1 atom stereocenters. The number of benzene rings is 2. The Bertz CT molecular complexity index is 722. The standard InChI is InChI=1S/C20H21NOS/c1-4-15(2)19(22)21-20(3,17-13-9-6-10-14-17)18(23)16-11-7-5-8-12-16/h4-14H,1-3H3,(H,21,22)/b15-4-/t20-/m1/s1. The molecule has 2 nitrogen and oxygen atoms in total. The van der Waals surface area contributed by atoms with Crippen LogP contribution in [0.3, 0.4) is 0 Å². The third-order valence-corrected chi connectivity index (χ3v) is 4.64. The van der Waals surface area contributed by atoms with Crippen LogP contribution in [0.4, 0.5) is 0 Å². The van der Waals surface area contributed by atoms with Crippen LogP contribution in [-0.2, 0) is 10.3 Å². The molecule has 1 amide bonds. The van der Waals surface area contributed by atoms with Crippen molar-refractivity contribution in [3.05, 3.63) is 83.4 Å². The summed E-state index contributed by atoms with van der Waals surface area (Å²) in [6.07, 6.45) is 1.80. The maximum absolute atomic E-state index is 12.5. The van der Waals surface area contributed by atoms with Crippen LogP contribution in [0.5, 0.6) is 0 Å². The maximum atomic E-state index is 12.5. The molecule has 0 spiro atoms. The van der Waals surface area contributed by atoms with Crippen LogP contribution in [0, 0.1) is 0 Å². The number of thiocarbonyl (C=S) groups is 1. The molecule has 118 valence electrons. The number of hydrogen-bond donors (Lipinski definition) is 1. The van der Waals surface area contributed by atoms with E-state index in [-0.39, 0.29) is 5.91 Å². The van der Waals surface area contributed by atoms with Crippen LogP contribution in [0.25, 0.3) is 0 Å². The first kappa shape index (κ1) is 17.1. The lowest BCUT2D eigenvalue weighted by molar-refractivity contribution is -0.118. The van der Waals surface area contributed by atoms with Gasteiger partial charge in [0, 0.05) is 5.57 Å². The maximum Gasteiger partial charge on any atom is 0.247 e. The number of carbonyl (C=O) groups is 1. The second kappa shape index (κ2) is 7.34. The largest absolute Gasteiger partial charge is 0.338 e. The van der Waals surface area contributed by atoms with Crippen molar-refractivity contribution in [2.24, 2.45) is 0 Å². The van der Waals surface area contributed by atoms with Crippen molar-refractivity contribution in [3.63, 3.8) is 0 Å². The second-order valence-electron chi connectivity index (χ2n) is 5.61. The lowest BCUT2D eigenvalue weighted by atomic mass is 9.85. The molecule has 2 aromatic carbocycles. The molecule has 0 aromatic heterocycles. The Labute approximate surface area is 143 Å². The predicted molar refractivity (Wildman–Crippen MR) is 99.5 cm³/mol. The van der Waals surface area contributed by atoms with Crippen LogP contribution in [0.15, 0.2) is 72.3 Å². The highest BCUT2D eigenvalue weighted by Crippen LogP contribution is 2.27. The van der Waals surface area contributed by atoms with E-state index < -0.39 is 5.54 Å². The first-order valence-corrected chi connectivity index (χ1v) is 8.00. The Morgan fingerprint density at radius 1 is 1.04 bits per heavy atom. The zero-order valence-electron chi connectivity index (χ0n) is 13.7. The molecule has 0 fully saturated rings. The lowest BCUT2D eigenvalue weighted by Gasteiger charge is -2.33. The fourth-order valence-corrected chi connectivity index (χ4v) is 2.67. The van der Waals surface area contributed by atoms with Crippen molar-refractivity contribution in [2.45, 2.75) is 26.3 Å². The number of hydrogen-bond acceptors (Lipinski definition) is 2. The van der Waals surface area contributed by atoms with Gasteiger partial charge >= 0.3 is 0 Å². The highest BCUT2D eigenvalue weighted by molar-refractivity contribution is 7.81. The van der Waals surface area contributed by atoms with E-state index in [1.165, 1.54) is 0 Å². The summed E-state index contributed by atoms with van der Waals surface area (Å²) >= 11 is 5.74. The van der Waals surface area contributed by atoms with Crippen molar-refractivity contribution in [3.8, 4) is 0 Å². The third-order valence-electron chi connectivity index (χ3n) is 4.00. The van der Waals surface area contributed by atoms with Gasteiger partial charge in [0.15, 0.2) is 0 Å². The SMILES string of the molecule is C/C=C(/C)C(=O)N[C@@](C)(C(=S)c1ccccc1)c1ccccc1. The fraction of sp³-hybridized carbons (Fsp3) is 0.200. The molecule has 1 N–H and O–H groups in total. The van der Waals surface area contributed by atoms with Crippen molar-refractivity contribution in [2.75, 3.05) is 0 Å². The average molecular weight is 323 g/mol. The highest BCUT2D eigenvalue weighted by atomic mass is 32.1. The number of amides is 1. The van der Waals surface area contributed by atoms with E-state index in [0.717, 1.165) is 11.1 Å². The Hall–Kier alpha value is -2.26. The van der Waals surface area contributed by atoms with Crippen molar-refractivity contribution in [1.82, 2.24) is 5.32 Å². The number of carbonyl (C=O) groups excluding carboxylic acids is 1. The quantitative estimate of drug-likeness (QED) is 0.502. The molecule has 3 heteroatoms. The normalized spacial score (nSPS) is 14.0. The van der Waals surface area contributed by atoms with Crippen LogP contribution in [-0.4, -0.2) is 10.8 Å². The van der Waals surface area contributed by atoms with Gasteiger partial charge in [-0.3, -0.25) is 4.79 Å². The molecule has 0 unspecified atom stereocenters. The number of nitrogens with one attached hydrogen (secondary N) is 1. The summed E-state index contributed by atoms with van der Waals surface area (Å²) in [7, 11) is 0. The molecule has 0 heterocycles. The van der Waals surface area contributed by atoms with Gasteiger partial charge in [0.1, 0.15) is 0 Å². The molecule has 0 saturated carbocycles. The molecule has 0 aliphatic rings. The molecule has 2 aromatic rings. The molecule has 0 aliphatic carbocycles. The van der Waals surface area contributed by atoms with E-state index in [1.807, 2.05) is 74.5 Å². The van der Waals surface area contributed by atoms with E-state index in [0.29, 0.717) is 10.4 Å². The molecule has 0 radical (unpaired) electrons. The molecular weight excluding hydrogens is 302 g/mol. The Kier molecular flexibility index (Phi) is 5.45. The smallest absolute Gasteiger partial charge is 0.247 e. The Morgan fingerprint density at radius 3 is 2.09 bits per heavy atom. The summed E-state index contributed by atoms with van der Waals surface area (Å²) in [4.78, 5) is 13.2. The fourth-order valence-electron chi connectivity index (χ4n) is 2.37. The van der Waals surface area contributed by atoms with E-state index in [4.69, 9.17) is 12.2 Å². The summed E-state index contributed by atoms with van der Waals surface area (Å²) in [5.41, 5.74) is 1.82. The van der Waals surface area contributed by atoms with E-state index in [1.54, 1.807) is 13.0 Å². The molecule has 2 rings (SSSR count). The molecule has 0 bridgehead atoms. The summed E-state index contributed by atoms with van der Waals surface area (Å²) in [5, 5.41) is 3.11. The first-order chi connectivity index (χ1) is 11.0. The van der Waals surface area contributed by atoms with Crippen LogP contribution in [0.2, 0.25) is 0 Å². The Balaban J connectivity index is 2.48. The van der Waals surface area contributed by atoms with E-state index >= 15 is 0 Å². The van der Waals surface area contributed by atoms with Crippen molar-refractivity contribution < 1.29 is 4.79 Å². The minimum atomic E-state index is -0.751. The third kappa shape index (κ3) is 3.74. The molecular formula is C20H21NOS. The van der Waals surface area contributed by atoms with Gasteiger partial charge in [0.2, 0.25) is 5.91 Å². The Morgan fingerprint density at radius 2 is 1.57 bits per heavy atom. The van der Waals surface area contributed by atoms with Gasteiger partial charge in [-0.2, -0.15) is 0 Å². The minimum Gasteiger partial charge on any atom is -0.338 e. The van der Waals surface area contributed by atoms with Gasteiger partial charge in [-0.25, -0.2) is 0 Å². The van der Waals surface area contributed by atoms with Gasteiger partial charge in [-0.1, -0.05) is 79.0 Å². The van der Waals surface area contributed by atoms with Gasteiger partial charge < -0.3 is 5.32 Å². The first-order valence-electron chi connectivity index (χ1n) is 7.60. The summed E-state index contributed by atoms with van der Waals surface area (Å²) in [6.45, 7) is 5.61. The van der Waals surface area contributed by atoms with Crippen LogP contribution < -0.4 is 5.32 Å². The molecule has 0 aliphatic heterocycles. The highest BCUT2D eigenvalue weighted by Gasteiger charge is 2.34. The lowest BCUT2D eigenvalue weighted by Crippen LogP contribution is -2.49. The van der Waals surface area contributed by atoms with Crippen LogP contribution in [0.1, 0.15) is 31.9 Å². The van der Waals surface area contributed by atoms with Crippen molar-refractivity contribution >= 4 is 23.0 Å². The zero-order chi connectivity index (χ0) is 16.9. The summed E-state index contributed by atoms with van der Waals surface area (Å²) in [5.74, 6) is -0.114. The number of allylic oxidation sites excluding steroid dienone is 1. The van der Waals surface area contributed by atoms with Gasteiger partial charge in [0.25, 0.3) is 0 Å². The van der Waals surface area contributed by atoms with Gasteiger partial charge in [-0.15, -0.1) is 0 Å². The predicted octanol–water partition coefficient (Wildman–Crippen LogP) is 4.40. The summed E-state index contributed by atoms with van der Waals surface area (Å²) < 4.78 is 0. The molecule has 0 saturated heterocycles. The monoisotopic (exact) mass is 323 g/mol.